The molecule has 0 unspecified atom stereocenters. The first-order valence-corrected chi connectivity index (χ1v) is 14.9. The van der Waals surface area contributed by atoms with Crippen LogP contribution >= 0.6 is 11.6 Å². The summed E-state index contributed by atoms with van der Waals surface area (Å²) in [7, 11) is 6.22. The minimum Gasteiger partial charge on any atom is -0.481 e. The van der Waals surface area contributed by atoms with Crippen LogP contribution in [0.4, 0.5) is 5.69 Å². The van der Waals surface area contributed by atoms with Crippen LogP contribution in [0.2, 0.25) is 5.02 Å². The first kappa shape index (κ1) is 31.7. The number of ether oxygens (including phenoxy) is 1. The summed E-state index contributed by atoms with van der Waals surface area (Å²) in [5.41, 5.74) is 3.65. The van der Waals surface area contributed by atoms with Crippen molar-refractivity contribution in [1.82, 2.24) is 24.3 Å². The average Bonchev–Trinajstić information content (AvgIpc) is 3.35. The highest BCUT2D eigenvalue weighted by molar-refractivity contribution is 6.36. The monoisotopic (exact) mass is 630 g/mol. The first-order chi connectivity index (χ1) is 21.5. The number of anilines is 1. The van der Waals surface area contributed by atoms with Gasteiger partial charge in [0.25, 0.3) is 11.5 Å². The zero-order valence-electron chi connectivity index (χ0n) is 25.8. The molecule has 2 aromatic heterocycles. The summed E-state index contributed by atoms with van der Waals surface area (Å²) in [5, 5.41) is 6.70. The highest BCUT2D eigenvalue weighted by Gasteiger charge is 2.27. The lowest BCUT2D eigenvalue weighted by Gasteiger charge is -2.20. The predicted octanol–water partition coefficient (Wildman–Crippen LogP) is 3.75. The fraction of sp³-hybridized carbons (Fsp3) is 0.303. The number of likely N-dealkylation sites (N-methyl/N-ethyl adjacent to an activating group) is 1. The third-order valence-corrected chi connectivity index (χ3v) is 8.71. The van der Waals surface area contributed by atoms with Crippen molar-refractivity contribution in [2.45, 2.75) is 32.4 Å². The number of aryl methyl sites for hydroxylation is 1. The molecule has 3 heterocycles. The van der Waals surface area contributed by atoms with Gasteiger partial charge in [0.05, 0.1) is 17.8 Å². The molecule has 11 nitrogen and oxygen atoms in total. The summed E-state index contributed by atoms with van der Waals surface area (Å²) in [4.78, 5) is 56.1. The molecule has 234 valence electrons. The lowest BCUT2D eigenvalue weighted by atomic mass is 9.96. The molecule has 1 fully saturated rings. The van der Waals surface area contributed by atoms with Crippen LogP contribution in [0.25, 0.3) is 22.4 Å². The number of nitrogens with zero attached hydrogens (tertiary/aromatic N) is 4. The van der Waals surface area contributed by atoms with Crippen molar-refractivity contribution in [3.05, 3.63) is 97.3 Å². The number of nitrogens with one attached hydrogen (secondary N) is 2. The Morgan fingerprint density at radius 3 is 2.44 bits per heavy atom. The van der Waals surface area contributed by atoms with E-state index in [0.29, 0.717) is 47.4 Å². The number of carbonyl (C=O) groups is 2. The maximum absolute atomic E-state index is 13.1. The fourth-order valence-corrected chi connectivity index (χ4v) is 5.89. The highest BCUT2D eigenvalue weighted by atomic mass is 35.5. The third kappa shape index (κ3) is 6.27. The molecule has 0 aliphatic carbocycles. The van der Waals surface area contributed by atoms with Crippen molar-refractivity contribution >= 4 is 29.1 Å². The average molecular weight is 631 g/mol. The van der Waals surface area contributed by atoms with Crippen molar-refractivity contribution in [3.8, 4) is 28.3 Å². The van der Waals surface area contributed by atoms with Gasteiger partial charge in [-0.1, -0.05) is 48.0 Å². The van der Waals surface area contributed by atoms with Crippen LogP contribution in [0.1, 0.15) is 34.3 Å². The predicted molar refractivity (Wildman–Crippen MR) is 174 cm³/mol. The Hall–Kier alpha value is -4.74. The van der Waals surface area contributed by atoms with Gasteiger partial charge in [-0.25, -0.2) is 9.78 Å². The number of rotatable bonds is 9. The van der Waals surface area contributed by atoms with Crippen molar-refractivity contribution in [3.63, 3.8) is 0 Å². The summed E-state index contributed by atoms with van der Waals surface area (Å²) < 4.78 is 7.71. The van der Waals surface area contributed by atoms with Crippen LogP contribution in [-0.4, -0.2) is 57.6 Å². The van der Waals surface area contributed by atoms with Crippen LogP contribution in [-0.2, 0) is 25.4 Å². The van der Waals surface area contributed by atoms with Gasteiger partial charge in [-0.2, -0.15) is 0 Å². The molecular weight excluding hydrogens is 596 g/mol. The number of benzene rings is 2. The first-order valence-electron chi connectivity index (χ1n) is 14.5. The number of halogens is 1. The van der Waals surface area contributed by atoms with E-state index in [1.54, 1.807) is 24.1 Å². The van der Waals surface area contributed by atoms with Gasteiger partial charge in [0, 0.05) is 75.3 Å². The number of hydrogen-bond acceptors (Lipinski definition) is 7. The molecule has 1 saturated heterocycles. The van der Waals surface area contributed by atoms with E-state index in [9.17, 15) is 19.2 Å². The van der Waals surface area contributed by atoms with E-state index in [1.807, 2.05) is 50.4 Å². The zero-order valence-corrected chi connectivity index (χ0v) is 26.6. The zero-order chi connectivity index (χ0) is 32.4. The normalized spacial score (nSPS) is 14.6. The van der Waals surface area contributed by atoms with Gasteiger partial charge in [0.15, 0.2) is 0 Å². The fourth-order valence-electron chi connectivity index (χ4n) is 5.56. The Kier molecular flexibility index (Phi) is 9.21. The third-order valence-electron chi connectivity index (χ3n) is 8.30. The van der Waals surface area contributed by atoms with E-state index in [0.717, 1.165) is 33.2 Å². The molecule has 1 aliphatic heterocycles. The summed E-state index contributed by atoms with van der Waals surface area (Å²) in [6, 6.07) is 15.1. The molecule has 2 amide bonds. The van der Waals surface area contributed by atoms with Gasteiger partial charge >= 0.3 is 5.69 Å². The summed E-state index contributed by atoms with van der Waals surface area (Å²) in [6.45, 7) is 3.07. The smallest absolute Gasteiger partial charge is 0.330 e. The molecule has 2 aromatic carbocycles. The van der Waals surface area contributed by atoms with Gasteiger partial charge in [0.1, 0.15) is 5.56 Å². The van der Waals surface area contributed by atoms with Crippen molar-refractivity contribution in [2.24, 2.45) is 14.1 Å². The van der Waals surface area contributed by atoms with Crippen molar-refractivity contribution in [2.75, 3.05) is 26.0 Å². The Morgan fingerprint density at radius 1 is 1.02 bits per heavy atom. The number of likely N-dealkylation sites (tertiary alicyclic amines) is 1. The van der Waals surface area contributed by atoms with Crippen LogP contribution in [0.5, 0.6) is 5.88 Å². The molecule has 12 heteroatoms. The molecule has 1 atom stereocenters. The van der Waals surface area contributed by atoms with Gasteiger partial charge in [-0.3, -0.25) is 19.0 Å². The topological polar surface area (TPSA) is 128 Å². The molecule has 0 bridgehead atoms. The molecule has 0 radical (unpaired) electrons. The van der Waals surface area contributed by atoms with Gasteiger partial charge in [0.2, 0.25) is 11.8 Å². The number of aromatic nitrogens is 3. The summed E-state index contributed by atoms with van der Waals surface area (Å²) >= 11 is 7.00. The van der Waals surface area contributed by atoms with E-state index >= 15 is 0 Å². The number of amides is 2. The SMILES string of the molecule is COc1nc(-c2cccc(-c3cccc(NC(=O)c4cn(C)c(=O)n(C)c4=O)c3C)c2Cl)ccc1CNC[C@@H]1CCC(=O)N1C. The molecule has 5 rings (SSSR count). The summed E-state index contributed by atoms with van der Waals surface area (Å²) in [6.07, 6.45) is 2.66. The van der Waals surface area contributed by atoms with E-state index in [2.05, 4.69) is 10.6 Å². The van der Waals surface area contributed by atoms with Crippen LogP contribution in [0.3, 0.4) is 0 Å². The quantitative estimate of drug-likeness (QED) is 0.288. The van der Waals surface area contributed by atoms with E-state index < -0.39 is 17.2 Å². The molecule has 45 heavy (non-hydrogen) atoms. The van der Waals surface area contributed by atoms with E-state index in [-0.39, 0.29) is 17.5 Å². The second-order valence-corrected chi connectivity index (χ2v) is 11.5. The molecule has 0 spiro atoms. The van der Waals surface area contributed by atoms with Gasteiger partial charge < -0.3 is 24.8 Å². The van der Waals surface area contributed by atoms with Crippen LogP contribution in [0.15, 0.2) is 64.3 Å². The molecule has 0 saturated carbocycles. The summed E-state index contributed by atoms with van der Waals surface area (Å²) in [5.74, 6) is 0.0215. The number of methoxy groups -OCH3 is 1. The lowest BCUT2D eigenvalue weighted by Crippen LogP contribution is -2.40. The largest absolute Gasteiger partial charge is 0.481 e. The number of hydrogen-bond donors (Lipinski definition) is 2. The molecule has 1 aliphatic rings. The van der Waals surface area contributed by atoms with Crippen molar-refractivity contribution in [1.29, 1.82) is 0 Å². The van der Waals surface area contributed by atoms with Crippen molar-refractivity contribution < 1.29 is 14.3 Å². The van der Waals surface area contributed by atoms with Crippen LogP contribution < -0.4 is 26.6 Å². The second-order valence-electron chi connectivity index (χ2n) is 11.1. The Morgan fingerprint density at radius 2 is 1.73 bits per heavy atom. The minimum absolute atomic E-state index is 0.149. The maximum atomic E-state index is 13.1. The second kappa shape index (κ2) is 13.1. The molecular formula is C33H35ClN6O5. The standard InChI is InChI=1S/C33H35ClN6O5/c1-19-22(8-7-11-26(19)36-30(42)25-18-38(2)33(44)40(4)32(25)43)23-9-6-10-24(29(23)34)27-14-12-20(31(37-27)45-5)16-35-17-21-13-15-28(41)39(21)3/h6-12,14,18,21,35H,13,15-17H2,1-5H3,(H,36,42)/t21-/m0/s1. The maximum Gasteiger partial charge on any atom is 0.330 e. The van der Waals surface area contributed by atoms with Gasteiger partial charge in [-0.15, -0.1) is 0 Å². The molecule has 2 N–H and O–H groups in total. The minimum atomic E-state index is -0.678. The van der Waals surface area contributed by atoms with Crippen LogP contribution in [0, 0.1) is 6.92 Å². The molecule has 4 aromatic rings. The van der Waals surface area contributed by atoms with Gasteiger partial charge in [-0.05, 0) is 36.6 Å². The Bertz CT molecular complexity index is 1920. The van der Waals surface area contributed by atoms with E-state index in [1.165, 1.54) is 24.9 Å². The number of carbonyl (C=O) groups excluding carboxylic acids is 2. The van der Waals surface area contributed by atoms with E-state index in [4.69, 9.17) is 21.3 Å². The Balaban J connectivity index is 1.39. The Labute approximate surface area is 265 Å². The lowest BCUT2D eigenvalue weighted by molar-refractivity contribution is -0.127. The number of pyridine rings is 1. The highest BCUT2D eigenvalue weighted by Crippen LogP contribution is 2.39.